The second-order valence-electron chi connectivity index (χ2n) is 10.9. The molecule has 3 heterocycles. The minimum Gasteiger partial charge on any atom is -0.464 e. The molecular weight excluding hydrogens is 511 g/mol. The predicted molar refractivity (Wildman–Crippen MR) is 175 cm³/mol. The van der Waals surface area contributed by atoms with Gasteiger partial charge in [0.2, 0.25) is 0 Å². The van der Waals surface area contributed by atoms with E-state index in [4.69, 9.17) is 4.42 Å². The highest BCUT2D eigenvalue weighted by Gasteiger charge is 2.45. The molecule has 0 fully saturated rings. The summed E-state index contributed by atoms with van der Waals surface area (Å²) < 4.78 is 5.98. The third-order valence-electron chi connectivity index (χ3n) is 8.73. The van der Waals surface area contributed by atoms with E-state index in [1.54, 1.807) is 6.26 Å². The van der Waals surface area contributed by atoms with Gasteiger partial charge in [0.25, 0.3) is 0 Å². The number of nitrogens with zero attached hydrogens (tertiary/aromatic N) is 2. The summed E-state index contributed by atoms with van der Waals surface area (Å²) in [5.41, 5.74) is 14.3. The van der Waals surface area contributed by atoms with Gasteiger partial charge in [0.1, 0.15) is 5.58 Å². The number of para-hydroxylation sites is 3. The van der Waals surface area contributed by atoms with Crippen molar-refractivity contribution in [2.24, 2.45) is 0 Å². The van der Waals surface area contributed by atoms with Crippen LogP contribution in [0.15, 0.2) is 156 Å². The zero-order valence-corrected chi connectivity index (χ0v) is 22.8. The van der Waals surface area contributed by atoms with Crippen molar-refractivity contribution in [3.05, 3.63) is 152 Å². The summed E-state index contributed by atoms with van der Waals surface area (Å²) in [5.74, 6) is 0. The number of hydrogen-bond donors (Lipinski definition) is 0. The van der Waals surface area contributed by atoms with Crippen LogP contribution in [0.5, 0.6) is 0 Å². The molecule has 0 atom stereocenters. The van der Waals surface area contributed by atoms with Crippen LogP contribution >= 0.6 is 0 Å². The van der Waals surface area contributed by atoms with Crippen LogP contribution < -0.4 is 20.6 Å². The normalized spacial score (nSPS) is 13.1. The van der Waals surface area contributed by atoms with Crippen LogP contribution in [0.1, 0.15) is 0 Å². The summed E-state index contributed by atoms with van der Waals surface area (Å²) in [4.78, 5) is 5.00. The fourth-order valence-corrected chi connectivity index (χ4v) is 7.03. The highest BCUT2D eigenvalue weighted by molar-refractivity contribution is 6.93. The van der Waals surface area contributed by atoms with Gasteiger partial charge in [-0.3, -0.25) is 0 Å². The first kappa shape index (κ1) is 23.3. The Balaban J connectivity index is 1.41. The van der Waals surface area contributed by atoms with Crippen molar-refractivity contribution in [1.29, 1.82) is 0 Å². The van der Waals surface area contributed by atoms with E-state index in [1.165, 1.54) is 55.9 Å². The molecular formula is C38H25BN2O. The largest absolute Gasteiger partial charge is 0.464 e. The number of rotatable bonds is 3. The van der Waals surface area contributed by atoms with Crippen LogP contribution in [-0.4, -0.2) is 6.85 Å². The Morgan fingerprint density at radius 2 is 1.19 bits per heavy atom. The van der Waals surface area contributed by atoms with E-state index >= 15 is 0 Å². The summed E-state index contributed by atoms with van der Waals surface area (Å²) in [6.07, 6.45) is 1.80. The van der Waals surface area contributed by atoms with Crippen molar-refractivity contribution in [2.75, 3.05) is 9.71 Å². The molecule has 0 saturated heterocycles. The molecule has 0 unspecified atom stereocenters. The van der Waals surface area contributed by atoms with Crippen LogP contribution in [0.25, 0.3) is 33.2 Å². The number of anilines is 5. The van der Waals surface area contributed by atoms with Gasteiger partial charge >= 0.3 is 6.85 Å². The molecule has 9 rings (SSSR count). The Kier molecular flexibility index (Phi) is 4.99. The molecule has 0 N–H and O–H groups in total. The average molecular weight is 536 g/mol. The van der Waals surface area contributed by atoms with Crippen LogP contribution in [-0.2, 0) is 0 Å². The molecule has 3 nitrogen and oxygen atoms in total. The van der Waals surface area contributed by atoms with E-state index in [9.17, 15) is 0 Å². The van der Waals surface area contributed by atoms with Crippen LogP contribution in [0.4, 0.5) is 28.4 Å². The third-order valence-corrected chi connectivity index (χ3v) is 8.73. The first-order valence-corrected chi connectivity index (χ1v) is 14.4. The van der Waals surface area contributed by atoms with E-state index < -0.39 is 0 Å². The maximum Gasteiger partial charge on any atom is 0.333 e. The summed E-state index contributed by atoms with van der Waals surface area (Å²) >= 11 is 0. The first-order valence-electron chi connectivity index (χ1n) is 14.4. The van der Waals surface area contributed by atoms with Gasteiger partial charge in [-0.25, -0.2) is 0 Å². The smallest absolute Gasteiger partial charge is 0.333 e. The molecule has 4 heteroatoms. The Labute approximate surface area is 245 Å². The lowest BCUT2D eigenvalue weighted by Crippen LogP contribution is -2.61. The molecule has 0 saturated carbocycles. The molecule has 42 heavy (non-hydrogen) atoms. The van der Waals surface area contributed by atoms with E-state index in [2.05, 4.69) is 155 Å². The van der Waals surface area contributed by atoms with Crippen molar-refractivity contribution >= 4 is 57.2 Å². The van der Waals surface area contributed by atoms with E-state index in [-0.39, 0.29) is 6.85 Å². The standard InChI is InChI=1S/C38H25BN2O/c1-3-12-26(13-4-1)28-22-23-36-31(24-25-42-36)38(28)40-34-20-10-8-18-32(34)39-37-30(17-11-21-35(37)40)29-16-7-9-19-33(29)41(39)27-14-5-2-6-15-27/h1-25H. The Bertz CT molecular complexity index is 2120. The van der Waals surface area contributed by atoms with Gasteiger partial charge in [-0.05, 0) is 70.6 Å². The molecule has 2 aliphatic heterocycles. The SMILES string of the molecule is c1ccc(-c2ccc3occc3c2N2c3ccccc3B3c4c(cccc42)-c2ccccc2N3c2ccccc2)cc1. The number of furan rings is 1. The molecule has 0 aliphatic carbocycles. The molecule has 0 radical (unpaired) electrons. The zero-order valence-electron chi connectivity index (χ0n) is 22.8. The second kappa shape index (κ2) is 9.02. The van der Waals surface area contributed by atoms with Gasteiger partial charge < -0.3 is 14.1 Å². The van der Waals surface area contributed by atoms with E-state index in [1.807, 2.05) is 0 Å². The number of hydrogen-bond acceptors (Lipinski definition) is 3. The zero-order chi connectivity index (χ0) is 27.6. The van der Waals surface area contributed by atoms with Crippen LogP contribution in [0.2, 0.25) is 0 Å². The lowest BCUT2D eigenvalue weighted by Gasteiger charge is -2.46. The average Bonchev–Trinajstić information content (AvgIpc) is 3.55. The molecule has 196 valence electrons. The summed E-state index contributed by atoms with van der Waals surface area (Å²) in [6.45, 7) is 0.0182. The second-order valence-corrected chi connectivity index (χ2v) is 10.9. The fraction of sp³-hybridized carbons (Fsp3) is 0. The lowest BCUT2D eigenvalue weighted by atomic mass is 9.43. The van der Waals surface area contributed by atoms with Gasteiger partial charge in [-0.15, -0.1) is 0 Å². The Morgan fingerprint density at radius 1 is 0.500 bits per heavy atom. The molecule has 2 aliphatic rings. The highest BCUT2D eigenvalue weighted by atomic mass is 16.3. The number of benzene rings is 6. The molecule has 0 amide bonds. The van der Waals surface area contributed by atoms with Crippen molar-refractivity contribution in [2.45, 2.75) is 0 Å². The first-order chi connectivity index (χ1) is 20.9. The van der Waals surface area contributed by atoms with Gasteiger partial charge in [0.15, 0.2) is 0 Å². The third kappa shape index (κ3) is 3.23. The van der Waals surface area contributed by atoms with E-state index in [0.29, 0.717) is 0 Å². The molecule has 6 aromatic carbocycles. The fourth-order valence-electron chi connectivity index (χ4n) is 7.03. The molecule has 1 aromatic heterocycles. The molecule has 0 spiro atoms. The van der Waals surface area contributed by atoms with Crippen LogP contribution in [0.3, 0.4) is 0 Å². The molecule has 7 aromatic rings. The summed E-state index contributed by atoms with van der Waals surface area (Å²) in [7, 11) is 0. The summed E-state index contributed by atoms with van der Waals surface area (Å²) in [6, 6.07) is 52.3. The number of fused-ring (bicyclic) bond motifs is 5. The highest BCUT2D eigenvalue weighted by Crippen LogP contribution is 2.49. The maximum absolute atomic E-state index is 5.98. The van der Waals surface area contributed by atoms with Crippen LogP contribution in [0, 0.1) is 0 Å². The topological polar surface area (TPSA) is 19.6 Å². The molecule has 0 bridgehead atoms. The van der Waals surface area contributed by atoms with Crippen molar-refractivity contribution in [3.63, 3.8) is 0 Å². The monoisotopic (exact) mass is 536 g/mol. The van der Waals surface area contributed by atoms with Gasteiger partial charge in [0, 0.05) is 39.3 Å². The predicted octanol–water partition coefficient (Wildman–Crippen LogP) is 8.81. The minimum absolute atomic E-state index is 0.0182. The van der Waals surface area contributed by atoms with Crippen molar-refractivity contribution in [3.8, 4) is 22.3 Å². The van der Waals surface area contributed by atoms with Crippen molar-refractivity contribution in [1.82, 2.24) is 0 Å². The summed E-state index contributed by atoms with van der Waals surface area (Å²) in [5, 5.41) is 1.10. The Hall–Kier alpha value is -5.48. The van der Waals surface area contributed by atoms with Crippen molar-refractivity contribution < 1.29 is 4.42 Å². The Morgan fingerprint density at radius 3 is 2.05 bits per heavy atom. The van der Waals surface area contributed by atoms with E-state index in [0.717, 1.165) is 16.7 Å². The van der Waals surface area contributed by atoms with Gasteiger partial charge in [-0.2, -0.15) is 0 Å². The van der Waals surface area contributed by atoms with Gasteiger partial charge in [-0.1, -0.05) is 97.1 Å². The lowest BCUT2D eigenvalue weighted by molar-refractivity contribution is 0.616. The maximum atomic E-state index is 5.98. The quantitative estimate of drug-likeness (QED) is 0.211. The minimum atomic E-state index is 0.0182. The van der Waals surface area contributed by atoms with Gasteiger partial charge in [0.05, 0.1) is 12.0 Å².